The Morgan fingerprint density at radius 1 is 1.53 bits per heavy atom. The summed E-state index contributed by atoms with van der Waals surface area (Å²) in [4.78, 5) is 5.74. The lowest BCUT2D eigenvalue weighted by Gasteiger charge is -2.17. The average Bonchev–Trinajstić information content (AvgIpc) is 2.63. The maximum absolute atomic E-state index is 13.6. The molecule has 0 atom stereocenters. The van der Waals surface area contributed by atoms with Crippen LogP contribution in [0, 0.1) is 5.82 Å². The number of hydrogen-bond acceptors (Lipinski definition) is 3. The first kappa shape index (κ1) is 12.8. The quantitative estimate of drug-likeness (QED) is 0.830. The van der Waals surface area contributed by atoms with Gasteiger partial charge in [-0.05, 0) is 39.0 Å². The first-order valence-electron chi connectivity index (χ1n) is 4.81. The number of hydrogen-bond donors (Lipinski definition) is 0. The Bertz CT molecular complexity index is 532. The molecule has 0 saturated heterocycles. The van der Waals surface area contributed by atoms with E-state index in [9.17, 15) is 4.39 Å². The summed E-state index contributed by atoms with van der Waals surface area (Å²) in [5.74, 6) is -0.106. The van der Waals surface area contributed by atoms with Crippen molar-refractivity contribution in [2.75, 3.05) is 11.9 Å². The molecule has 2 rings (SSSR count). The van der Waals surface area contributed by atoms with Crippen LogP contribution in [0.2, 0.25) is 5.02 Å². The fraction of sp³-hybridized carbons (Fsp3) is 0.182. The highest BCUT2D eigenvalue weighted by molar-refractivity contribution is 9.11. The van der Waals surface area contributed by atoms with E-state index in [0.717, 1.165) is 9.35 Å². The van der Waals surface area contributed by atoms with Crippen LogP contribution in [0.15, 0.2) is 27.5 Å². The van der Waals surface area contributed by atoms with Crippen molar-refractivity contribution in [3.63, 3.8) is 0 Å². The molecule has 17 heavy (non-hydrogen) atoms. The predicted octanol–water partition coefficient (Wildman–Crippen LogP) is 4.33. The van der Waals surface area contributed by atoms with Crippen molar-refractivity contribution in [2.45, 2.75) is 6.54 Å². The molecule has 0 amide bonds. The molecule has 0 bridgehead atoms. The van der Waals surface area contributed by atoms with E-state index in [1.165, 1.54) is 12.3 Å². The Kier molecular flexibility index (Phi) is 4.01. The molecule has 0 unspecified atom stereocenters. The van der Waals surface area contributed by atoms with E-state index in [2.05, 4.69) is 20.9 Å². The summed E-state index contributed by atoms with van der Waals surface area (Å²) in [6.07, 6.45) is 1.44. The largest absolute Gasteiger partial charge is 0.353 e. The van der Waals surface area contributed by atoms with Crippen LogP contribution in [0.4, 0.5) is 10.2 Å². The van der Waals surface area contributed by atoms with E-state index >= 15 is 0 Å². The maximum atomic E-state index is 13.6. The lowest BCUT2D eigenvalue weighted by Crippen LogP contribution is -2.18. The number of anilines is 1. The van der Waals surface area contributed by atoms with Gasteiger partial charge in [0.05, 0.1) is 8.81 Å². The Morgan fingerprint density at radius 2 is 2.29 bits per heavy atom. The fourth-order valence-corrected chi connectivity index (χ4v) is 2.81. The van der Waals surface area contributed by atoms with Crippen molar-refractivity contribution in [3.8, 4) is 0 Å². The molecule has 0 aliphatic carbocycles. The van der Waals surface area contributed by atoms with Gasteiger partial charge in [-0.25, -0.2) is 9.37 Å². The zero-order valence-corrected chi connectivity index (χ0v) is 12.1. The lowest BCUT2D eigenvalue weighted by molar-refractivity contribution is 0.615. The van der Waals surface area contributed by atoms with E-state index in [0.29, 0.717) is 17.4 Å². The molecular weight excluding hydrogens is 327 g/mol. The molecular formula is C11H9BrClFN2S. The van der Waals surface area contributed by atoms with Crippen molar-refractivity contribution in [3.05, 3.63) is 43.9 Å². The monoisotopic (exact) mass is 334 g/mol. The van der Waals surface area contributed by atoms with Gasteiger partial charge in [0.25, 0.3) is 0 Å². The molecule has 2 aromatic heterocycles. The Hall–Kier alpha value is -0.650. The standard InChI is InChI=1S/C11H9BrClFN2S/c1-16(5-7-2-10(12)17-6-7)11-9(14)3-8(13)4-15-11/h2-4,6H,5H2,1H3. The van der Waals surface area contributed by atoms with Crippen molar-refractivity contribution >= 4 is 44.7 Å². The van der Waals surface area contributed by atoms with Crippen LogP contribution in [-0.4, -0.2) is 12.0 Å². The Balaban J connectivity index is 2.17. The minimum Gasteiger partial charge on any atom is -0.353 e. The molecule has 2 nitrogen and oxygen atoms in total. The number of pyridine rings is 1. The van der Waals surface area contributed by atoms with Crippen molar-refractivity contribution in [1.82, 2.24) is 4.98 Å². The second kappa shape index (κ2) is 5.33. The van der Waals surface area contributed by atoms with Crippen LogP contribution in [0.1, 0.15) is 5.56 Å². The van der Waals surface area contributed by atoms with Gasteiger partial charge in [-0.2, -0.15) is 0 Å². The topological polar surface area (TPSA) is 16.1 Å². The minimum absolute atomic E-state index is 0.303. The first-order chi connectivity index (χ1) is 8.06. The van der Waals surface area contributed by atoms with E-state index in [4.69, 9.17) is 11.6 Å². The normalized spacial score (nSPS) is 10.6. The van der Waals surface area contributed by atoms with Crippen LogP contribution in [0.3, 0.4) is 0 Å². The van der Waals surface area contributed by atoms with Crippen molar-refractivity contribution < 1.29 is 4.39 Å². The number of rotatable bonds is 3. The summed E-state index contributed by atoms with van der Waals surface area (Å²) in [6, 6.07) is 3.28. The van der Waals surface area contributed by atoms with Crippen molar-refractivity contribution in [1.29, 1.82) is 0 Å². The van der Waals surface area contributed by atoms with Gasteiger partial charge in [-0.1, -0.05) is 11.6 Å². The first-order valence-corrected chi connectivity index (χ1v) is 6.86. The van der Waals surface area contributed by atoms with Gasteiger partial charge >= 0.3 is 0 Å². The summed E-state index contributed by atoms with van der Waals surface area (Å²) in [6.45, 7) is 0.605. The van der Waals surface area contributed by atoms with E-state index in [1.807, 2.05) is 11.4 Å². The summed E-state index contributed by atoms with van der Waals surface area (Å²) in [5, 5.41) is 2.33. The highest BCUT2D eigenvalue weighted by atomic mass is 79.9. The summed E-state index contributed by atoms with van der Waals surface area (Å²) < 4.78 is 14.7. The highest BCUT2D eigenvalue weighted by Gasteiger charge is 2.11. The average molecular weight is 336 g/mol. The van der Waals surface area contributed by atoms with Gasteiger partial charge in [0.1, 0.15) is 0 Å². The van der Waals surface area contributed by atoms with Gasteiger partial charge in [-0.3, -0.25) is 0 Å². The molecule has 2 heterocycles. The minimum atomic E-state index is -0.408. The van der Waals surface area contributed by atoms with Gasteiger partial charge in [0.2, 0.25) is 0 Å². The Morgan fingerprint density at radius 3 is 2.88 bits per heavy atom. The third kappa shape index (κ3) is 3.18. The van der Waals surface area contributed by atoms with E-state index < -0.39 is 5.82 Å². The van der Waals surface area contributed by atoms with Crippen molar-refractivity contribution in [2.24, 2.45) is 0 Å². The molecule has 90 valence electrons. The molecule has 2 aromatic rings. The molecule has 0 radical (unpaired) electrons. The number of aromatic nitrogens is 1. The third-order valence-corrected chi connectivity index (χ3v) is 3.95. The summed E-state index contributed by atoms with van der Waals surface area (Å²) >= 11 is 10.7. The smallest absolute Gasteiger partial charge is 0.167 e. The van der Waals surface area contributed by atoms with Crippen LogP contribution >= 0.6 is 38.9 Å². The van der Waals surface area contributed by atoms with E-state index in [-0.39, 0.29) is 0 Å². The molecule has 0 saturated carbocycles. The van der Waals surface area contributed by atoms with Crippen LogP contribution in [0.5, 0.6) is 0 Å². The van der Waals surface area contributed by atoms with Gasteiger partial charge in [-0.15, -0.1) is 11.3 Å². The third-order valence-electron chi connectivity index (χ3n) is 2.19. The number of halogens is 3. The Labute approximate surface area is 116 Å². The molecule has 0 spiro atoms. The molecule has 6 heteroatoms. The maximum Gasteiger partial charge on any atom is 0.167 e. The molecule has 0 N–H and O–H groups in total. The van der Waals surface area contributed by atoms with Gasteiger partial charge in [0.15, 0.2) is 11.6 Å². The lowest BCUT2D eigenvalue weighted by atomic mass is 10.3. The second-order valence-electron chi connectivity index (χ2n) is 3.57. The van der Waals surface area contributed by atoms with Crippen LogP contribution < -0.4 is 4.90 Å². The number of nitrogens with zero attached hydrogens (tertiary/aromatic N) is 2. The van der Waals surface area contributed by atoms with Crippen LogP contribution in [-0.2, 0) is 6.54 Å². The molecule has 0 aromatic carbocycles. The summed E-state index contributed by atoms with van der Waals surface area (Å²) in [7, 11) is 1.80. The zero-order chi connectivity index (χ0) is 12.4. The SMILES string of the molecule is CN(Cc1csc(Br)c1)c1ncc(Cl)cc1F. The number of thiophene rings is 1. The molecule has 0 fully saturated rings. The molecule has 0 aliphatic rings. The van der Waals surface area contributed by atoms with Gasteiger partial charge < -0.3 is 4.90 Å². The fourth-order valence-electron chi connectivity index (χ4n) is 1.47. The zero-order valence-electron chi connectivity index (χ0n) is 8.95. The molecule has 0 aliphatic heterocycles. The van der Waals surface area contributed by atoms with Gasteiger partial charge in [0, 0.05) is 19.8 Å². The second-order valence-corrected chi connectivity index (χ2v) is 6.30. The summed E-state index contributed by atoms with van der Waals surface area (Å²) in [5.41, 5.74) is 1.11. The van der Waals surface area contributed by atoms with Crippen LogP contribution in [0.25, 0.3) is 0 Å². The predicted molar refractivity (Wildman–Crippen MR) is 73.3 cm³/mol. The van der Waals surface area contributed by atoms with E-state index in [1.54, 1.807) is 23.3 Å². The highest BCUT2D eigenvalue weighted by Crippen LogP contribution is 2.24.